The minimum Gasteiger partial charge on any atom is -0.369 e. The maximum absolute atomic E-state index is 4.34. The molecular weight excluding hydrogens is 186 g/mol. The first kappa shape index (κ1) is 10.4. The summed E-state index contributed by atoms with van der Waals surface area (Å²) in [4.78, 5) is 0. The van der Waals surface area contributed by atoms with Gasteiger partial charge in [-0.3, -0.25) is 0 Å². The van der Waals surface area contributed by atoms with E-state index in [4.69, 9.17) is 0 Å². The monoisotopic (exact) mass is 205 g/mol. The second-order valence-electron chi connectivity index (χ2n) is 5.05. The topological polar surface area (TPSA) is 37.8 Å². The maximum Gasteiger partial charge on any atom is 0.148 e. The van der Waals surface area contributed by atoms with E-state index in [9.17, 15) is 0 Å². The quantitative estimate of drug-likeness (QED) is 0.806. The fraction of sp³-hybridized carbons (Fsp3) is 0.667. The molecule has 1 N–H and O–H groups in total. The van der Waals surface area contributed by atoms with Gasteiger partial charge in [0.1, 0.15) is 5.82 Å². The lowest BCUT2D eigenvalue weighted by molar-refractivity contribution is 0.488. The van der Waals surface area contributed by atoms with Crippen LogP contribution in [0.2, 0.25) is 0 Å². The Morgan fingerprint density at radius 3 is 2.87 bits per heavy atom. The fourth-order valence-corrected chi connectivity index (χ4v) is 2.55. The van der Waals surface area contributed by atoms with Crippen molar-refractivity contribution in [3.8, 4) is 0 Å². The van der Waals surface area contributed by atoms with Crippen LogP contribution in [0.1, 0.15) is 51.3 Å². The Bertz CT molecular complexity index is 371. The third-order valence-corrected chi connectivity index (χ3v) is 3.19. The van der Waals surface area contributed by atoms with Crippen molar-refractivity contribution >= 4 is 5.82 Å². The summed E-state index contributed by atoms with van der Waals surface area (Å²) in [5, 5.41) is 11.8. The Morgan fingerprint density at radius 1 is 1.47 bits per heavy atom. The van der Waals surface area contributed by atoms with E-state index < -0.39 is 0 Å². The lowest BCUT2D eigenvalue weighted by Crippen LogP contribution is -2.13. The molecule has 1 heterocycles. The Labute approximate surface area is 91.3 Å². The molecule has 1 unspecified atom stereocenters. The molecule has 0 radical (unpaired) electrons. The first-order valence-electron chi connectivity index (χ1n) is 5.66. The molecule has 3 heteroatoms. The molecule has 0 saturated carbocycles. The number of hydrogen-bond donors (Lipinski definition) is 1. The molecule has 0 aliphatic heterocycles. The zero-order valence-corrected chi connectivity index (χ0v) is 9.96. The van der Waals surface area contributed by atoms with E-state index in [1.54, 1.807) is 0 Å². The van der Waals surface area contributed by atoms with Crippen LogP contribution >= 0.6 is 0 Å². The van der Waals surface area contributed by atoms with Crippen LogP contribution in [-0.4, -0.2) is 16.7 Å². The average molecular weight is 205 g/mol. The second-order valence-corrected chi connectivity index (χ2v) is 5.05. The highest BCUT2D eigenvalue weighted by Gasteiger charge is 2.36. The second kappa shape index (κ2) is 3.47. The Kier molecular flexibility index (Phi) is 2.41. The van der Waals surface area contributed by atoms with Crippen LogP contribution in [0.25, 0.3) is 0 Å². The lowest BCUT2D eigenvalue weighted by atomic mass is 9.86. The molecule has 1 aromatic heterocycles. The molecule has 1 aliphatic rings. The zero-order chi connectivity index (χ0) is 11.1. The van der Waals surface area contributed by atoms with Crippen molar-refractivity contribution in [3.63, 3.8) is 0 Å². The molecule has 15 heavy (non-hydrogen) atoms. The predicted molar refractivity (Wildman–Crippen MR) is 62.3 cm³/mol. The molecule has 0 saturated heterocycles. The van der Waals surface area contributed by atoms with E-state index in [1.165, 1.54) is 17.7 Å². The summed E-state index contributed by atoms with van der Waals surface area (Å²) in [5.41, 5.74) is 2.79. The van der Waals surface area contributed by atoms with Gasteiger partial charge in [-0.15, -0.1) is 5.10 Å². The number of hydrogen-bond acceptors (Lipinski definition) is 3. The van der Waals surface area contributed by atoms with Gasteiger partial charge in [-0.2, -0.15) is 5.10 Å². The van der Waals surface area contributed by atoms with Gasteiger partial charge in [0.05, 0.1) is 5.69 Å². The Hall–Kier alpha value is -1.12. The standard InChI is InChI=1S/C12H19N3/c1-5-13-10-6-9-11(15-14-10)8(2)7-12(9,3)4/h6,8H,5,7H2,1-4H3,(H,13,14). The molecule has 82 valence electrons. The van der Waals surface area contributed by atoms with Gasteiger partial charge in [-0.25, -0.2) is 0 Å². The third kappa shape index (κ3) is 1.71. The zero-order valence-electron chi connectivity index (χ0n) is 9.96. The highest BCUT2D eigenvalue weighted by atomic mass is 15.2. The van der Waals surface area contributed by atoms with Gasteiger partial charge >= 0.3 is 0 Å². The SMILES string of the molecule is CCNc1cc2c(nn1)C(C)CC2(C)C. The van der Waals surface area contributed by atoms with Crippen molar-refractivity contribution in [2.24, 2.45) is 0 Å². The Balaban J connectivity index is 2.43. The summed E-state index contributed by atoms with van der Waals surface area (Å²) in [7, 11) is 0. The molecule has 0 bridgehead atoms. The molecular formula is C12H19N3. The summed E-state index contributed by atoms with van der Waals surface area (Å²) in [6.07, 6.45) is 1.17. The van der Waals surface area contributed by atoms with Crippen LogP contribution in [0.4, 0.5) is 5.82 Å². The van der Waals surface area contributed by atoms with Gasteiger partial charge in [-0.1, -0.05) is 20.8 Å². The normalized spacial score (nSPS) is 22.5. The molecule has 3 nitrogen and oxygen atoms in total. The largest absolute Gasteiger partial charge is 0.369 e. The van der Waals surface area contributed by atoms with Crippen LogP contribution in [0.5, 0.6) is 0 Å². The lowest BCUT2D eigenvalue weighted by Gasteiger charge is -2.18. The van der Waals surface area contributed by atoms with E-state index in [-0.39, 0.29) is 5.41 Å². The minimum absolute atomic E-state index is 0.245. The molecule has 0 fully saturated rings. The number of rotatable bonds is 2. The van der Waals surface area contributed by atoms with Gasteiger partial charge < -0.3 is 5.32 Å². The van der Waals surface area contributed by atoms with Crippen LogP contribution in [0.3, 0.4) is 0 Å². The summed E-state index contributed by atoms with van der Waals surface area (Å²) in [6.45, 7) is 9.76. The Morgan fingerprint density at radius 2 is 2.20 bits per heavy atom. The number of nitrogens with one attached hydrogen (secondary N) is 1. The molecule has 1 aliphatic carbocycles. The van der Waals surface area contributed by atoms with Crippen LogP contribution in [0, 0.1) is 0 Å². The fourth-order valence-electron chi connectivity index (χ4n) is 2.55. The van der Waals surface area contributed by atoms with Crippen molar-refractivity contribution in [1.82, 2.24) is 10.2 Å². The van der Waals surface area contributed by atoms with E-state index in [0.29, 0.717) is 5.92 Å². The maximum atomic E-state index is 4.34. The van der Waals surface area contributed by atoms with E-state index >= 15 is 0 Å². The number of aromatic nitrogens is 2. The van der Waals surface area contributed by atoms with Gasteiger partial charge in [0.15, 0.2) is 0 Å². The predicted octanol–water partition coefficient (Wildman–Crippen LogP) is 2.69. The molecule has 1 aromatic rings. The van der Waals surface area contributed by atoms with Crippen molar-refractivity contribution < 1.29 is 0 Å². The number of nitrogens with zero attached hydrogens (tertiary/aromatic N) is 2. The average Bonchev–Trinajstić information content (AvgIpc) is 2.38. The highest BCUT2D eigenvalue weighted by molar-refractivity contribution is 5.45. The van der Waals surface area contributed by atoms with Crippen LogP contribution in [-0.2, 0) is 5.41 Å². The summed E-state index contributed by atoms with van der Waals surface area (Å²) < 4.78 is 0. The third-order valence-electron chi connectivity index (χ3n) is 3.19. The van der Waals surface area contributed by atoms with Gasteiger partial charge in [0.2, 0.25) is 0 Å². The molecule has 2 rings (SSSR count). The van der Waals surface area contributed by atoms with E-state index in [1.807, 2.05) is 0 Å². The summed E-state index contributed by atoms with van der Waals surface area (Å²) >= 11 is 0. The van der Waals surface area contributed by atoms with Crippen molar-refractivity contribution in [1.29, 1.82) is 0 Å². The van der Waals surface area contributed by atoms with Gasteiger partial charge in [-0.05, 0) is 30.4 Å². The van der Waals surface area contributed by atoms with E-state index in [2.05, 4.69) is 49.3 Å². The smallest absolute Gasteiger partial charge is 0.148 e. The summed E-state index contributed by atoms with van der Waals surface area (Å²) in [5.74, 6) is 1.44. The van der Waals surface area contributed by atoms with Crippen molar-refractivity contribution in [2.45, 2.75) is 45.4 Å². The molecule has 0 aromatic carbocycles. The van der Waals surface area contributed by atoms with Crippen molar-refractivity contribution in [3.05, 3.63) is 17.3 Å². The van der Waals surface area contributed by atoms with Crippen molar-refractivity contribution in [2.75, 3.05) is 11.9 Å². The minimum atomic E-state index is 0.245. The molecule has 0 amide bonds. The summed E-state index contributed by atoms with van der Waals surface area (Å²) in [6, 6.07) is 2.16. The van der Waals surface area contributed by atoms with E-state index in [0.717, 1.165) is 12.4 Å². The van der Waals surface area contributed by atoms with Gasteiger partial charge in [0, 0.05) is 12.5 Å². The first-order chi connectivity index (χ1) is 7.04. The van der Waals surface area contributed by atoms with Gasteiger partial charge in [0.25, 0.3) is 0 Å². The number of fused-ring (bicyclic) bond motifs is 1. The molecule has 0 spiro atoms. The first-order valence-corrected chi connectivity index (χ1v) is 5.66. The number of anilines is 1. The van der Waals surface area contributed by atoms with Crippen LogP contribution < -0.4 is 5.32 Å². The molecule has 1 atom stereocenters. The highest BCUT2D eigenvalue weighted by Crippen LogP contribution is 2.44. The van der Waals surface area contributed by atoms with Crippen LogP contribution in [0.15, 0.2) is 6.07 Å².